The van der Waals surface area contributed by atoms with E-state index in [1.54, 1.807) is 25.2 Å². The van der Waals surface area contributed by atoms with E-state index in [0.29, 0.717) is 11.0 Å². The molecule has 0 saturated heterocycles. The average Bonchev–Trinajstić information content (AvgIpc) is 3.26. The fraction of sp³-hybridized carbons (Fsp3) is 0.188. The van der Waals surface area contributed by atoms with E-state index >= 15 is 0 Å². The van der Waals surface area contributed by atoms with E-state index in [0.717, 1.165) is 27.0 Å². The summed E-state index contributed by atoms with van der Waals surface area (Å²) in [5.41, 5.74) is 1.88. The Morgan fingerprint density at radius 3 is 2.60 bits per heavy atom. The molecule has 4 aromatic rings. The number of benzene rings is 2. The van der Waals surface area contributed by atoms with Gasteiger partial charge in [-0.25, -0.2) is 13.4 Å². The van der Waals surface area contributed by atoms with Crippen LogP contribution in [0.3, 0.4) is 0 Å². The zero-order valence-electron chi connectivity index (χ0n) is 13.4. The third-order valence-corrected chi connectivity index (χ3v) is 7.83. The van der Waals surface area contributed by atoms with Crippen LogP contribution in [0, 0.1) is 0 Å². The largest absolute Gasteiger partial charge is 0.245 e. The molecule has 0 radical (unpaired) electrons. The van der Waals surface area contributed by atoms with E-state index in [9.17, 15) is 8.42 Å². The van der Waals surface area contributed by atoms with E-state index in [2.05, 4.69) is 13.7 Å². The van der Waals surface area contributed by atoms with Crippen molar-refractivity contribution in [2.75, 3.05) is 7.05 Å². The molecule has 9 heteroatoms. The molecule has 0 fully saturated rings. The maximum absolute atomic E-state index is 13.1. The van der Waals surface area contributed by atoms with Gasteiger partial charge in [-0.2, -0.15) is 13.1 Å². The molecule has 0 amide bonds. The molecule has 0 aliphatic carbocycles. The standard InChI is InChI=1S/C16H14N4O2S3/c1-10(16-17-11-6-3-4-8-13(11)23-16)20(2)25(21,22)14-9-5-7-12-15(14)19-24-18-12/h3-10H,1-2H3/t10-/m1/s1. The van der Waals surface area contributed by atoms with Crippen LogP contribution in [-0.4, -0.2) is 33.5 Å². The van der Waals surface area contributed by atoms with Crippen LogP contribution in [0.25, 0.3) is 21.3 Å². The molecule has 128 valence electrons. The van der Waals surface area contributed by atoms with Crippen LogP contribution < -0.4 is 0 Å². The predicted molar refractivity (Wildman–Crippen MR) is 100 cm³/mol. The minimum atomic E-state index is -3.72. The molecule has 0 N–H and O–H groups in total. The van der Waals surface area contributed by atoms with Gasteiger partial charge in [0.1, 0.15) is 20.9 Å². The minimum absolute atomic E-state index is 0.175. The molecular formula is C16H14N4O2S3. The van der Waals surface area contributed by atoms with Gasteiger partial charge in [0.15, 0.2) is 0 Å². The second kappa shape index (κ2) is 6.10. The smallest absolute Gasteiger partial charge is 0.239 e. The van der Waals surface area contributed by atoms with Crippen molar-refractivity contribution in [2.24, 2.45) is 0 Å². The van der Waals surface area contributed by atoms with Crippen molar-refractivity contribution in [1.82, 2.24) is 18.0 Å². The number of fused-ring (bicyclic) bond motifs is 2. The Morgan fingerprint density at radius 1 is 1.04 bits per heavy atom. The van der Waals surface area contributed by atoms with Gasteiger partial charge in [-0.15, -0.1) is 11.3 Å². The first-order valence-electron chi connectivity index (χ1n) is 7.53. The zero-order valence-corrected chi connectivity index (χ0v) is 15.9. The quantitative estimate of drug-likeness (QED) is 0.531. The SMILES string of the molecule is C[C@H](c1nc2ccccc2s1)N(C)S(=O)(=O)c1cccc2nsnc12. The fourth-order valence-electron chi connectivity index (χ4n) is 2.58. The van der Waals surface area contributed by atoms with Crippen molar-refractivity contribution in [3.63, 3.8) is 0 Å². The molecule has 0 bridgehead atoms. The van der Waals surface area contributed by atoms with Crippen molar-refractivity contribution in [3.05, 3.63) is 47.5 Å². The number of aromatic nitrogens is 3. The van der Waals surface area contributed by atoms with E-state index in [4.69, 9.17) is 0 Å². The molecule has 4 rings (SSSR count). The van der Waals surface area contributed by atoms with Gasteiger partial charge in [0.25, 0.3) is 0 Å². The maximum atomic E-state index is 13.1. The summed E-state index contributed by atoms with van der Waals surface area (Å²) in [7, 11) is -2.14. The summed E-state index contributed by atoms with van der Waals surface area (Å²) in [6, 6.07) is 12.4. The van der Waals surface area contributed by atoms with E-state index < -0.39 is 10.0 Å². The predicted octanol–water partition coefficient (Wildman–Crippen LogP) is 3.68. The van der Waals surface area contributed by atoms with Crippen LogP contribution in [0.2, 0.25) is 0 Å². The lowest BCUT2D eigenvalue weighted by atomic mass is 10.3. The summed E-state index contributed by atoms with van der Waals surface area (Å²) in [6.45, 7) is 1.84. The monoisotopic (exact) mass is 390 g/mol. The van der Waals surface area contributed by atoms with Gasteiger partial charge in [0, 0.05) is 7.05 Å². The summed E-state index contributed by atoms with van der Waals surface area (Å²) in [5, 5.41) is 0.760. The van der Waals surface area contributed by atoms with Crippen LogP contribution in [0.15, 0.2) is 47.4 Å². The highest BCUT2D eigenvalue weighted by atomic mass is 32.2. The molecule has 25 heavy (non-hydrogen) atoms. The normalized spacial score (nSPS) is 13.7. The maximum Gasteiger partial charge on any atom is 0.245 e. The molecular weight excluding hydrogens is 376 g/mol. The van der Waals surface area contributed by atoms with E-state index in [1.165, 1.54) is 15.6 Å². The third kappa shape index (κ3) is 2.73. The average molecular weight is 391 g/mol. The summed E-state index contributed by atoms with van der Waals surface area (Å²) in [4.78, 5) is 4.75. The van der Waals surface area contributed by atoms with Gasteiger partial charge in [0.2, 0.25) is 10.0 Å². The number of hydrogen-bond donors (Lipinski definition) is 0. The summed E-state index contributed by atoms with van der Waals surface area (Å²) in [5.74, 6) is 0. The molecule has 2 aromatic heterocycles. The Labute approximate surface area is 153 Å². The van der Waals surface area contributed by atoms with Gasteiger partial charge in [-0.05, 0) is 31.2 Å². The molecule has 0 aliphatic heterocycles. The Morgan fingerprint density at radius 2 is 1.80 bits per heavy atom. The lowest BCUT2D eigenvalue weighted by Crippen LogP contribution is -2.30. The lowest BCUT2D eigenvalue weighted by molar-refractivity contribution is 0.398. The second-order valence-corrected chi connectivity index (χ2v) is 9.16. The first-order valence-corrected chi connectivity index (χ1v) is 10.5. The molecule has 0 spiro atoms. The van der Waals surface area contributed by atoms with E-state index in [1.807, 2.05) is 31.2 Å². The Balaban J connectivity index is 1.75. The number of hydrogen-bond acceptors (Lipinski definition) is 7. The number of thiazole rings is 1. The minimum Gasteiger partial charge on any atom is -0.239 e. The third-order valence-electron chi connectivity index (χ3n) is 4.12. The van der Waals surface area contributed by atoms with Gasteiger partial charge in [-0.3, -0.25) is 0 Å². The Hall–Kier alpha value is -1.94. The van der Waals surface area contributed by atoms with Crippen LogP contribution >= 0.6 is 23.1 Å². The van der Waals surface area contributed by atoms with Gasteiger partial charge >= 0.3 is 0 Å². The van der Waals surface area contributed by atoms with Crippen molar-refractivity contribution in [2.45, 2.75) is 17.9 Å². The highest BCUT2D eigenvalue weighted by Crippen LogP contribution is 2.33. The van der Waals surface area contributed by atoms with Crippen LogP contribution in [0.4, 0.5) is 0 Å². The van der Waals surface area contributed by atoms with Crippen LogP contribution in [0.1, 0.15) is 18.0 Å². The number of nitrogens with zero attached hydrogens (tertiary/aromatic N) is 4. The van der Waals surface area contributed by atoms with Gasteiger partial charge < -0.3 is 0 Å². The van der Waals surface area contributed by atoms with E-state index in [-0.39, 0.29) is 10.9 Å². The topological polar surface area (TPSA) is 76.1 Å². The fourth-order valence-corrected chi connectivity index (χ4v) is 5.79. The first-order chi connectivity index (χ1) is 12.0. The van der Waals surface area contributed by atoms with Gasteiger partial charge in [0.05, 0.1) is 28.0 Å². The van der Waals surface area contributed by atoms with Crippen molar-refractivity contribution < 1.29 is 8.42 Å². The van der Waals surface area contributed by atoms with Crippen molar-refractivity contribution in [1.29, 1.82) is 0 Å². The highest BCUT2D eigenvalue weighted by molar-refractivity contribution is 7.89. The molecule has 0 unspecified atom stereocenters. The number of rotatable bonds is 4. The van der Waals surface area contributed by atoms with Crippen molar-refractivity contribution >= 4 is 54.3 Å². The lowest BCUT2D eigenvalue weighted by Gasteiger charge is -2.22. The zero-order chi connectivity index (χ0) is 17.6. The first kappa shape index (κ1) is 16.5. The molecule has 0 saturated carbocycles. The molecule has 0 aliphatic rings. The summed E-state index contributed by atoms with van der Waals surface area (Å²) < 4.78 is 36.9. The van der Waals surface area contributed by atoms with Crippen LogP contribution in [0.5, 0.6) is 0 Å². The number of para-hydroxylation sites is 1. The molecule has 2 aromatic carbocycles. The van der Waals surface area contributed by atoms with Crippen LogP contribution in [-0.2, 0) is 10.0 Å². The molecule has 1 atom stereocenters. The summed E-state index contributed by atoms with van der Waals surface area (Å²) >= 11 is 2.52. The second-order valence-electron chi connectivity index (χ2n) is 5.61. The highest BCUT2D eigenvalue weighted by Gasteiger charge is 2.30. The Kier molecular flexibility index (Phi) is 4.03. The van der Waals surface area contributed by atoms with Crippen molar-refractivity contribution in [3.8, 4) is 0 Å². The Bertz CT molecular complexity index is 1130. The number of sulfonamides is 1. The summed E-state index contributed by atoms with van der Waals surface area (Å²) in [6.07, 6.45) is 0. The molecule has 2 heterocycles. The van der Waals surface area contributed by atoms with Gasteiger partial charge in [-0.1, -0.05) is 18.2 Å². The molecule has 6 nitrogen and oxygen atoms in total.